The summed E-state index contributed by atoms with van der Waals surface area (Å²) in [6, 6.07) is 4.45. The monoisotopic (exact) mass is 291 g/mol. The molecule has 0 aromatic carbocycles. The number of ether oxygens (including phenoxy) is 1. The predicted molar refractivity (Wildman–Crippen MR) is 80.9 cm³/mol. The largest absolute Gasteiger partial charge is 0.381 e. The van der Waals surface area contributed by atoms with Crippen molar-refractivity contribution in [1.82, 2.24) is 14.9 Å². The van der Waals surface area contributed by atoms with Gasteiger partial charge in [-0.2, -0.15) is 0 Å². The van der Waals surface area contributed by atoms with E-state index in [2.05, 4.69) is 32.4 Å². The number of nitrogens with zero attached hydrogens (tertiary/aromatic N) is 2. The maximum Gasteiger partial charge on any atom is 0.131 e. The number of hydrogen-bond acceptors (Lipinski definition) is 4. The van der Waals surface area contributed by atoms with E-state index in [0.717, 1.165) is 25.6 Å². The zero-order valence-corrected chi connectivity index (χ0v) is 12.6. The molecule has 2 atom stereocenters. The molecule has 3 rings (SSSR count). The lowest BCUT2D eigenvalue weighted by molar-refractivity contribution is 0.0541. The lowest BCUT2D eigenvalue weighted by atomic mass is 10.0. The van der Waals surface area contributed by atoms with Crippen molar-refractivity contribution in [1.29, 1.82) is 0 Å². The highest BCUT2D eigenvalue weighted by atomic mass is 32.1. The maximum atomic E-state index is 5.56. The standard InChI is InChI=1S/C15H21N3OS/c1-18-7-6-16-15(18)14(13-5-3-9-20-13)17-10-12-4-2-8-19-11-12/h3,5-7,9,12,14,17H,2,4,8,10-11H2,1H3. The van der Waals surface area contributed by atoms with Crippen LogP contribution in [-0.2, 0) is 11.8 Å². The molecule has 1 aliphatic rings. The molecular formula is C15H21N3OS. The molecule has 0 spiro atoms. The molecule has 0 aliphatic carbocycles. The van der Waals surface area contributed by atoms with Crippen molar-refractivity contribution in [3.63, 3.8) is 0 Å². The van der Waals surface area contributed by atoms with Crippen LogP contribution >= 0.6 is 11.3 Å². The van der Waals surface area contributed by atoms with Gasteiger partial charge in [0.2, 0.25) is 0 Å². The van der Waals surface area contributed by atoms with E-state index in [1.165, 1.54) is 17.7 Å². The SMILES string of the molecule is Cn1ccnc1C(NCC1CCCOC1)c1cccs1. The summed E-state index contributed by atoms with van der Waals surface area (Å²) in [4.78, 5) is 5.83. The highest BCUT2D eigenvalue weighted by molar-refractivity contribution is 7.10. The van der Waals surface area contributed by atoms with E-state index in [1.54, 1.807) is 11.3 Å². The Labute approximate surface area is 123 Å². The van der Waals surface area contributed by atoms with Crippen LogP contribution in [0.2, 0.25) is 0 Å². The van der Waals surface area contributed by atoms with Gasteiger partial charge in [0.15, 0.2) is 0 Å². The zero-order chi connectivity index (χ0) is 13.8. The van der Waals surface area contributed by atoms with Gasteiger partial charge >= 0.3 is 0 Å². The summed E-state index contributed by atoms with van der Waals surface area (Å²) in [5.74, 6) is 1.69. The van der Waals surface area contributed by atoms with E-state index in [4.69, 9.17) is 4.74 Å². The van der Waals surface area contributed by atoms with Gasteiger partial charge in [-0.15, -0.1) is 11.3 Å². The first kappa shape index (κ1) is 13.8. The molecule has 1 saturated heterocycles. The van der Waals surface area contributed by atoms with Crippen molar-refractivity contribution in [2.24, 2.45) is 13.0 Å². The smallest absolute Gasteiger partial charge is 0.131 e. The predicted octanol–water partition coefficient (Wildman–Crippen LogP) is 2.59. The average Bonchev–Trinajstić information content (AvgIpc) is 3.13. The second-order valence-electron chi connectivity index (χ2n) is 5.34. The van der Waals surface area contributed by atoms with Crippen molar-refractivity contribution in [2.45, 2.75) is 18.9 Å². The second kappa shape index (κ2) is 6.52. The Morgan fingerprint density at radius 3 is 3.20 bits per heavy atom. The van der Waals surface area contributed by atoms with Crippen LogP contribution < -0.4 is 5.32 Å². The lowest BCUT2D eigenvalue weighted by Crippen LogP contribution is -2.33. The summed E-state index contributed by atoms with van der Waals surface area (Å²) in [6.07, 6.45) is 6.30. The highest BCUT2D eigenvalue weighted by Gasteiger charge is 2.21. The van der Waals surface area contributed by atoms with Crippen LogP contribution in [0, 0.1) is 5.92 Å². The molecule has 108 valence electrons. The Morgan fingerprint density at radius 1 is 1.60 bits per heavy atom. The van der Waals surface area contributed by atoms with Gasteiger partial charge in [-0.3, -0.25) is 0 Å². The Kier molecular flexibility index (Phi) is 4.50. The van der Waals surface area contributed by atoms with E-state index < -0.39 is 0 Å². The first-order chi connectivity index (χ1) is 9.84. The quantitative estimate of drug-likeness (QED) is 0.920. The maximum absolute atomic E-state index is 5.56. The third-order valence-electron chi connectivity index (χ3n) is 3.81. The number of thiophene rings is 1. The summed E-state index contributed by atoms with van der Waals surface area (Å²) in [6.45, 7) is 2.78. The molecular weight excluding hydrogens is 270 g/mol. The molecule has 0 amide bonds. The number of aromatic nitrogens is 2. The molecule has 0 bridgehead atoms. The number of nitrogens with one attached hydrogen (secondary N) is 1. The second-order valence-corrected chi connectivity index (χ2v) is 6.32. The molecule has 2 aromatic rings. The van der Waals surface area contributed by atoms with Crippen LogP contribution in [0.4, 0.5) is 0 Å². The van der Waals surface area contributed by atoms with Crippen LogP contribution in [0.1, 0.15) is 29.6 Å². The Balaban J connectivity index is 1.71. The van der Waals surface area contributed by atoms with Gasteiger partial charge in [0.25, 0.3) is 0 Å². The molecule has 20 heavy (non-hydrogen) atoms. The fraction of sp³-hybridized carbons (Fsp3) is 0.533. The summed E-state index contributed by atoms with van der Waals surface area (Å²) in [5.41, 5.74) is 0. The van der Waals surface area contributed by atoms with Gasteiger partial charge in [-0.1, -0.05) is 6.07 Å². The van der Waals surface area contributed by atoms with E-state index in [-0.39, 0.29) is 6.04 Å². The minimum Gasteiger partial charge on any atom is -0.381 e. The fourth-order valence-electron chi connectivity index (χ4n) is 2.68. The van der Waals surface area contributed by atoms with Gasteiger partial charge in [0.1, 0.15) is 11.9 Å². The molecule has 2 unspecified atom stereocenters. The van der Waals surface area contributed by atoms with Crippen molar-refractivity contribution < 1.29 is 4.74 Å². The van der Waals surface area contributed by atoms with Gasteiger partial charge in [-0.05, 0) is 30.2 Å². The Morgan fingerprint density at radius 2 is 2.55 bits per heavy atom. The van der Waals surface area contributed by atoms with Gasteiger partial charge in [0, 0.05) is 37.5 Å². The average molecular weight is 291 g/mol. The summed E-state index contributed by atoms with van der Waals surface area (Å²) >= 11 is 1.78. The van der Waals surface area contributed by atoms with E-state index in [9.17, 15) is 0 Å². The molecule has 0 radical (unpaired) electrons. The van der Waals surface area contributed by atoms with Crippen LogP contribution in [0.5, 0.6) is 0 Å². The molecule has 0 saturated carbocycles. The summed E-state index contributed by atoms with van der Waals surface area (Å²) in [7, 11) is 2.05. The molecule has 5 heteroatoms. The fourth-order valence-corrected chi connectivity index (χ4v) is 3.48. The first-order valence-electron chi connectivity index (χ1n) is 7.16. The highest BCUT2D eigenvalue weighted by Crippen LogP contribution is 2.25. The van der Waals surface area contributed by atoms with Gasteiger partial charge < -0.3 is 14.6 Å². The number of hydrogen-bond donors (Lipinski definition) is 1. The minimum atomic E-state index is 0.178. The van der Waals surface area contributed by atoms with Crippen molar-refractivity contribution in [3.8, 4) is 0 Å². The topological polar surface area (TPSA) is 39.1 Å². The molecule has 2 aromatic heterocycles. The van der Waals surface area contributed by atoms with E-state index in [1.807, 2.05) is 19.4 Å². The summed E-state index contributed by atoms with van der Waals surface area (Å²) in [5, 5.41) is 5.80. The Bertz CT molecular complexity index is 517. The van der Waals surface area contributed by atoms with Crippen molar-refractivity contribution in [3.05, 3.63) is 40.6 Å². The summed E-state index contributed by atoms with van der Waals surface area (Å²) < 4.78 is 7.65. The molecule has 3 heterocycles. The lowest BCUT2D eigenvalue weighted by Gasteiger charge is -2.25. The molecule has 1 aliphatic heterocycles. The van der Waals surface area contributed by atoms with Gasteiger partial charge in [0.05, 0.1) is 6.61 Å². The van der Waals surface area contributed by atoms with Crippen LogP contribution in [0.25, 0.3) is 0 Å². The van der Waals surface area contributed by atoms with Crippen LogP contribution in [0.3, 0.4) is 0 Å². The molecule has 1 N–H and O–H groups in total. The third-order valence-corrected chi connectivity index (χ3v) is 4.75. The van der Waals surface area contributed by atoms with Crippen LogP contribution in [0.15, 0.2) is 29.9 Å². The zero-order valence-electron chi connectivity index (χ0n) is 11.8. The first-order valence-corrected chi connectivity index (χ1v) is 8.04. The van der Waals surface area contributed by atoms with E-state index >= 15 is 0 Å². The van der Waals surface area contributed by atoms with Crippen LogP contribution in [-0.4, -0.2) is 29.3 Å². The normalized spacial score (nSPS) is 20.9. The van der Waals surface area contributed by atoms with E-state index in [0.29, 0.717) is 5.92 Å². The Hall–Kier alpha value is -1.17. The minimum absolute atomic E-state index is 0.178. The molecule has 4 nitrogen and oxygen atoms in total. The number of rotatable bonds is 5. The van der Waals surface area contributed by atoms with Crippen molar-refractivity contribution >= 4 is 11.3 Å². The third kappa shape index (κ3) is 3.11. The molecule has 1 fully saturated rings. The van der Waals surface area contributed by atoms with Gasteiger partial charge in [-0.25, -0.2) is 4.98 Å². The van der Waals surface area contributed by atoms with Crippen molar-refractivity contribution in [2.75, 3.05) is 19.8 Å². The number of imidazole rings is 1. The number of aryl methyl sites for hydroxylation is 1.